The molecule has 0 aliphatic carbocycles. The number of alkyl halides is 3. The van der Waals surface area contributed by atoms with Crippen LogP contribution < -0.4 is 0 Å². The summed E-state index contributed by atoms with van der Waals surface area (Å²) in [6.07, 6.45) is -6.22. The molecular weight excluding hydrogens is 315 g/mol. The van der Waals surface area contributed by atoms with Gasteiger partial charge in [-0.2, -0.15) is 13.2 Å². The molecule has 1 heterocycles. The summed E-state index contributed by atoms with van der Waals surface area (Å²) in [7, 11) is 0. The van der Waals surface area contributed by atoms with Crippen molar-refractivity contribution in [1.82, 2.24) is 4.90 Å². The Bertz CT molecular complexity index is 562. The first-order valence-electron chi connectivity index (χ1n) is 7.09. The lowest BCUT2D eigenvalue weighted by Gasteiger charge is -2.39. The van der Waals surface area contributed by atoms with Gasteiger partial charge in [0, 0.05) is 0 Å². The molecule has 1 saturated heterocycles. The average molecular weight is 331 g/mol. The summed E-state index contributed by atoms with van der Waals surface area (Å²) in [6.45, 7) is -0.215. The van der Waals surface area contributed by atoms with Crippen molar-refractivity contribution in [3.05, 3.63) is 35.9 Å². The highest BCUT2D eigenvalue weighted by molar-refractivity contribution is 5.80. The Kier molecular flexibility index (Phi) is 5.12. The first-order chi connectivity index (χ1) is 10.8. The van der Waals surface area contributed by atoms with Crippen molar-refractivity contribution in [2.75, 3.05) is 0 Å². The zero-order valence-electron chi connectivity index (χ0n) is 12.1. The van der Waals surface area contributed by atoms with Gasteiger partial charge in [0.05, 0.1) is 0 Å². The predicted octanol–water partition coefficient (Wildman–Crippen LogP) is 3.19. The van der Waals surface area contributed by atoms with E-state index in [9.17, 15) is 22.8 Å². The summed E-state index contributed by atoms with van der Waals surface area (Å²) in [5.74, 6) is -1.46. The third kappa shape index (κ3) is 4.14. The number of benzene rings is 1. The molecule has 126 valence electrons. The molecule has 0 spiro atoms. The van der Waals surface area contributed by atoms with Crippen molar-refractivity contribution in [3.8, 4) is 0 Å². The highest BCUT2D eigenvalue weighted by Gasteiger charge is 2.51. The molecule has 0 unspecified atom stereocenters. The first-order valence-corrected chi connectivity index (χ1v) is 7.09. The second kappa shape index (κ2) is 6.89. The van der Waals surface area contributed by atoms with Gasteiger partial charge in [-0.15, -0.1) is 0 Å². The molecule has 8 heteroatoms. The number of hydrogen-bond donors (Lipinski definition) is 1. The van der Waals surface area contributed by atoms with Gasteiger partial charge in [0.25, 0.3) is 0 Å². The maximum absolute atomic E-state index is 13.1. The van der Waals surface area contributed by atoms with Crippen LogP contribution in [-0.4, -0.2) is 40.3 Å². The normalized spacial score (nSPS) is 21.8. The van der Waals surface area contributed by atoms with E-state index in [2.05, 4.69) is 0 Å². The number of ether oxygens (including phenoxy) is 1. The van der Waals surface area contributed by atoms with E-state index in [1.54, 1.807) is 30.3 Å². The van der Waals surface area contributed by atoms with Crippen LogP contribution in [0.15, 0.2) is 30.3 Å². The maximum atomic E-state index is 13.1. The Morgan fingerprint density at radius 2 is 1.87 bits per heavy atom. The van der Waals surface area contributed by atoms with E-state index in [0.717, 1.165) is 0 Å². The van der Waals surface area contributed by atoms with E-state index in [4.69, 9.17) is 9.84 Å². The van der Waals surface area contributed by atoms with Crippen LogP contribution in [0.5, 0.6) is 0 Å². The highest BCUT2D eigenvalue weighted by Crippen LogP contribution is 2.35. The third-order valence-electron chi connectivity index (χ3n) is 3.71. The largest absolute Gasteiger partial charge is 0.480 e. The zero-order valence-corrected chi connectivity index (χ0v) is 12.1. The van der Waals surface area contributed by atoms with Gasteiger partial charge in [-0.3, -0.25) is 4.90 Å². The standard InChI is InChI=1S/C15H16F3NO4/c16-15(17,18)12-8-4-7-11(13(20)21)19(12)14(22)23-9-10-5-2-1-3-6-10/h1-3,5-6,11-12H,4,7-9H2,(H,20,21)/t11-,12+/m1/s1. The van der Waals surface area contributed by atoms with Gasteiger partial charge in [-0.05, 0) is 24.8 Å². The molecule has 1 aliphatic heterocycles. The minimum atomic E-state index is -4.69. The fourth-order valence-electron chi connectivity index (χ4n) is 2.61. The number of likely N-dealkylation sites (tertiary alicyclic amines) is 1. The predicted molar refractivity (Wildman–Crippen MR) is 73.6 cm³/mol. The quantitative estimate of drug-likeness (QED) is 0.924. The van der Waals surface area contributed by atoms with Crippen molar-refractivity contribution >= 4 is 12.1 Å². The van der Waals surface area contributed by atoms with Crippen molar-refractivity contribution in [2.24, 2.45) is 0 Å². The minimum absolute atomic E-state index is 0.0254. The summed E-state index contributed by atoms with van der Waals surface area (Å²) in [4.78, 5) is 23.6. The minimum Gasteiger partial charge on any atom is -0.480 e. The summed E-state index contributed by atoms with van der Waals surface area (Å²) in [5.41, 5.74) is 0.605. The monoisotopic (exact) mass is 331 g/mol. The molecule has 2 rings (SSSR count). The van der Waals surface area contributed by atoms with Crippen molar-refractivity contribution < 1.29 is 32.6 Å². The smallest absolute Gasteiger partial charge is 0.411 e. The van der Waals surface area contributed by atoms with Gasteiger partial charge < -0.3 is 9.84 Å². The van der Waals surface area contributed by atoms with Crippen LogP contribution in [-0.2, 0) is 16.1 Å². The van der Waals surface area contributed by atoms with E-state index in [1.807, 2.05) is 0 Å². The van der Waals surface area contributed by atoms with Crippen LogP contribution in [0, 0.1) is 0 Å². The van der Waals surface area contributed by atoms with Gasteiger partial charge in [-0.25, -0.2) is 9.59 Å². The lowest BCUT2D eigenvalue weighted by Crippen LogP contribution is -2.58. The number of piperidine rings is 1. The van der Waals surface area contributed by atoms with E-state index in [0.29, 0.717) is 10.5 Å². The molecule has 1 aromatic rings. The van der Waals surface area contributed by atoms with Crippen LogP contribution in [0.25, 0.3) is 0 Å². The number of amides is 1. The van der Waals surface area contributed by atoms with E-state index >= 15 is 0 Å². The van der Waals surface area contributed by atoms with E-state index in [-0.39, 0.29) is 25.9 Å². The molecule has 1 amide bonds. The number of nitrogens with zero attached hydrogens (tertiary/aromatic N) is 1. The van der Waals surface area contributed by atoms with Crippen LogP contribution in [0.4, 0.5) is 18.0 Å². The fraction of sp³-hybridized carbons (Fsp3) is 0.467. The van der Waals surface area contributed by atoms with Crippen molar-refractivity contribution in [3.63, 3.8) is 0 Å². The molecule has 0 bridgehead atoms. The molecule has 1 N–H and O–H groups in total. The molecule has 23 heavy (non-hydrogen) atoms. The highest BCUT2D eigenvalue weighted by atomic mass is 19.4. The third-order valence-corrected chi connectivity index (χ3v) is 3.71. The molecule has 0 saturated carbocycles. The Hall–Kier alpha value is -2.25. The number of hydrogen-bond acceptors (Lipinski definition) is 3. The molecule has 0 radical (unpaired) electrons. The molecule has 1 aliphatic rings. The number of halogens is 3. The van der Waals surface area contributed by atoms with Gasteiger partial charge >= 0.3 is 18.2 Å². The van der Waals surface area contributed by atoms with Gasteiger partial charge in [-0.1, -0.05) is 30.3 Å². The second-order valence-corrected chi connectivity index (χ2v) is 5.29. The fourth-order valence-corrected chi connectivity index (χ4v) is 2.61. The number of aliphatic carboxylic acids is 1. The SMILES string of the molecule is O=C(O)[C@H]1CCC[C@@H](C(F)(F)F)N1C(=O)OCc1ccccc1. The lowest BCUT2D eigenvalue weighted by molar-refractivity contribution is -0.196. The van der Waals surface area contributed by atoms with Crippen molar-refractivity contribution in [1.29, 1.82) is 0 Å². The topological polar surface area (TPSA) is 66.8 Å². The first kappa shape index (κ1) is 17.1. The Morgan fingerprint density at radius 3 is 2.43 bits per heavy atom. The van der Waals surface area contributed by atoms with E-state index < -0.39 is 30.3 Å². The number of carboxylic acids is 1. The molecule has 5 nitrogen and oxygen atoms in total. The molecule has 0 aromatic heterocycles. The van der Waals surface area contributed by atoms with Gasteiger partial charge in [0.1, 0.15) is 18.7 Å². The van der Waals surface area contributed by atoms with Crippen LogP contribution in [0.1, 0.15) is 24.8 Å². The lowest BCUT2D eigenvalue weighted by atomic mass is 9.95. The maximum Gasteiger partial charge on any atom is 0.411 e. The van der Waals surface area contributed by atoms with E-state index in [1.165, 1.54) is 0 Å². The van der Waals surface area contributed by atoms with Crippen LogP contribution in [0.3, 0.4) is 0 Å². The van der Waals surface area contributed by atoms with Crippen molar-refractivity contribution in [2.45, 2.75) is 44.1 Å². The number of rotatable bonds is 3. The summed E-state index contributed by atoms with van der Waals surface area (Å²) in [5, 5.41) is 9.11. The summed E-state index contributed by atoms with van der Waals surface area (Å²) < 4.78 is 44.2. The van der Waals surface area contributed by atoms with Gasteiger partial charge in [0.15, 0.2) is 0 Å². The summed E-state index contributed by atoms with van der Waals surface area (Å²) >= 11 is 0. The number of carbonyl (C=O) groups excluding carboxylic acids is 1. The zero-order chi connectivity index (χ0) is 17.0. The average Bonchev–Trinajstić information content (AvgIpc) is 2.52. The Morgan fingerprint density at radius 1 is 1.22 bits per heavy atom. The molecule has 1 aromatic carbocycles. The Balaban J connectivity index is 2.15. The Labute approximate surface area is 130 Å². The molecule has 1 fully saturated rings. The molecule has 2 atom stereocenters. The number of carbonyl (C=O) groups is 2. The van der Waals surface area contributed by atoms with Gasteiger partial charge in [0.2, 0.25) is 0 Å². The second-order valence-electron chi connectivity index (χ2n) is 5.29. The molecular formula is C15H16F3NO4. The summed E-state index contributed by atoms with van der Waals surface area (Å²) in [6, 6.07) is 4.78. The van der Waals surface area contributed by atoms with Crippen LogP contribution in [0.2, 0.25) is 0 Å². The van der Waals surface area contributed by atoms with Crippen LogP contribution >= 0.6 is 0 Å². The number of carboxylic acid groups (broad SMARTS) is 1.